The van der Waals surface area contributed by atoms with Crippen LogP contribution in [0, 0.1) is 10.8 Å². The monoisotopic (exact) mass is 442 g/mol. The van der Waals surface area contributed by atoms with Crippen LogP contribution >= 0.6 is 0 Å². The standard InChI is InChI=1S/C21H28F6O3/c1-5-11-17(16(2,3)4)12-18(30-15(17)28,14-9-7-6-8-10-14)13-19(29,20(22,23)24)21(25,26)27/h7,9-10,29H,5-6,8,11-13H2,1-4H3. The van der Waals surface area contributed by atoms with Gasteiger partial charge in [0.1, 0.15) is 5.60 Å². The van der Waals surface area contributed by atoms with Gasteiger partial charge in [-0.3, -0.25) is 4.79 Å². The SMILES string of the molecule is CCCC1(C(C)(C)C)CC(CC(O)(C(F)(F)F)C(F)(F)F)(C2=CCCC=C2)OC1=O. The molecule has 2 rings (SSSR count). The van der Waals surface area contributed by atoms with Gasteiger partial charge in [-0.1, -0.05) is 52.3 Å². The van der Waals surface area contributed by atoms with E-state index < -0.39 is 46.8 Å². The Morgan fingerprint density at radius 2 is 1.63 bits per heavy atom. The van der Waals surface area contributed by atoms with Crippen LogP contribution in [0.25, 0.3) is 0 Å². The lowest BCUT2D eigenvalue weighted by Gasteiger charge is -2.42. The van der Waals surface area contributed by atoms with Gasteiger partial charge in [-0.05, 0) is 30.3 Å². The highest BCUT2D eigenvalue weighted by atomic mass is 19.4. The maximum absolute atomic E-state index is 13.5. The van der Waals surface area contributed by atoms with Gasteiger partial charge in [0.15, 0.2) is 0 Å². The third-order valence-electron chi connectivity index (χ3n) is 6.38. The Morgan fingerprint density at radius 3 is 2.03 bits per heavy atom. The highest BCUT2D eigenvalue weighted by Gasteiger charge is 2.75. The summed E-state index contributed by atoms with van der Waals surface area (Å²) in [7, 11) is 0. The molecule has 0 aromatic rings. The van der Waals surface area contributed by atoms with Crippen LogP contribution in [0.1, 0.15) is 66.2 Å². The summed E-state index contributed by atoms with van der Waals surface area (Å²) >= 11 is 0. The highest BCUT2D eigenvalue weighted by molar-refractivity contribution is 5.81. The number of carbonyl (C=O) groups excluding carboxylic acids is 1. The summed E-state index contributed by atoms with van der Waals surface area (Å²) in [6.07, 6.45) is -8.03. The summed E-state index contributed by atoms with van der Waals surface area (Å²) in [5.41, 5.74) is -9.26. The summed E-state index contributed by atoms with van der Waals surface area (Å²) in [5, 5.41) is 9.94. The summed E-state index contributed by atoms with van der Waals surface area (Å²) < 4.78 is 86.5. The lowest BCUT2D eigenvalue weighted by atomic mass is 9.59. The van der Waals surface area contributed by atoms with Gasteiger partial charge in [0.25, 0.3) is 5.60 Å². The first-order chi connectivity index (χ1) is 13.5. The maximum Gasteiger partial charge on any atom is 0.426 e. The van der Waals surface area contributed by atoms with Crippen molar-refractivity contribution in [3.8, 4) is 0 Å². The van der Waals surface area contributed by atoms with E-state index in [2.05, 4.69) is 0 Å². The molecule has 2 atom stereocenters. The fourth-order valence-corrected chi connectivity index (χ4v) is 4.52. The zero-order chi connectivity index (χ0) is 23.2. The Kier molecular flexibility index (Phi) is 6.24. The number of ether oxygens (including phenoxy) is 1. The predicted molar refractivity (Wildman–Crippen MR) is 98.4 cm³/mol. The largest absolute Gasteiger partial charge is 0.454 e. The van der Waals surface area contributed by atoms with Gasteiger partial charge in [-0.25, -0.2) is 0 Å². The van der Waals surface area contributed by atoms with E-state index in [1.807, 2.05) is 0 Å². The van der Waals surface area contributed by atoms with Crippen molar-refractivity contribution in [2.45, 2.75) is 89.8 Å². The lowest BCUT2D eigenvalue weighted by molar-refractivity contribution is -0.376. The van der Waals surface area contributed by atoms with E-state index in [-0.39, 0.29) is 18.4 Å². The second-order valence-electron chi connectivity index (χ2n) is 9.31. The summed E-state index contributed by atoms with van der Waals surface area (Å²) in [4.78, 5) is 13.1. The van der Waals surface area contributed by atoms with E-state index in [9.17, 15) is 36.2 Å². The number of halogens is 6. The fourth-order valence-electron chi connectivity index (χ4n) is 4.52. The molecule has 0 spiro atoms. The summed E-state index contributed by atoms with van der Waals surface area (Å²) in [5.74, 6) is -0.830. The number of carbonyl (C=O) groups is 1. The topological polar surface area (TPSA) is 46.5 Å². The van der Waals surface area contributed by atoms with Crippen LogP contribution in [0.4, 0.5) is 26.3 Å². The Hall–Kier alpha value is -1.51. The second kappa shape index (κ2) is 7.57. The van der Waals surface area contributed by atoms with Crippen molar-refractivity contribution >= 4 is 5.97 Å². The molecule has 2 aliphatic rings. The molecule has 30 heavy (non-hydrogen) atoms. The molecule has 1 aliphatic heterocycles. The number of hydrogen-bond acceptors (Lipinski definition) is 3. The van der Waals surface area contributed by atoms with Gasteiger partial charge in [0, 0.05) is 12.8 Å². The first-order valence-electron chi connectivity index (χ1n) is 9.92. The van der Waals surface area contributed by atoms with Gasteiger partial charge in [-0.15, -0.1) is 0 Å². The molecule has 2 unspecified atom stereocenters. The molecule has 3 nitrogen and oxygen atoms in total. The molecule has 0 amide bonds. The third-order valence-corrected chi connectivity index (χ3v) is 6.38. The van der Waals surface area contributed by atoms with Crippen molar-refractivity contribution in [3.05, 3.63) is 23.8 Å². The summed E-state index contributed by atoms with van der Waals surface area (Å²) in [6, 6.07) is 0. The normalized spacial score (nSPS) is 28.5. The van der Waals surface area contributed by atoms with Gasteiger partial charge in [-0.2, -0.15) is 26.3 Å². The lowest BCUT2D eigenvalue weighted by Crippen LogP contribution is -2.61. The van der Waals surface area contributed by atoms with Crippen LogP contribution in [0.2, 0.25) is 0 Å². The maximum atomic E-state index is 13.5. The second-order valence-corrected chi connectivity index (χ2v) is 9.31. The Labute approximate surface area is 172 Å². The minimum atomic E-state index is -6.00. The number of aliphatic hydroxyl groups is 1. The molecule has 0 aromatic carbocycles. The quantitative estimate of drug-likeness (QED) is 0.418. The molecular formula is C21H28F6O3. The van der Waals surface area contributed by atoms with Gasteiger partial charge >= 0.3 is 18.3 Å². The van der Waals surface area contributed by atoms with E-state index in [1.165, 1.54) is 12.2 Å². The van der Waals surface area contributed by atoms with Crippen molar-refractivity contribution in [1.29, 1.82) is 0 Å². The average molecular weight is 442 g/mol. The minimum Gasteiger partial charge on any atom is -0.454 e. The third kappa shape index (κ3) is 3.89. The summed E-state index contributed by atoms with van der Waals surface area (Å²) in [6.45, 7) is 6.92. The van der Waals surface area contributed by atoms with Crippen molar-refractivity contribution < 1.29 is 41.0 Å². The molecule has 1 fully saturated rings. The van der Waals surface area contributed by atoms with E-state index in [1.54, 1.807) is 33.8 Å². The Morgan fingerprint density at radius 1 is 1.07 bits per heavy atom. The number of esters is 1. The van der Waals surface area contributed by atoms with Crippen molar-refractivity contribution in [3.63, 3.8) is 0 Å². The fraction of sp³-hybridized carbons (Fsp3) is 0.762. The minimum absolute atomic E-state index is 0.0660. The molecule has 0 bridgehead atoms. The van der Waals surface area contributed by atoms with Crippen molar-refractivity contribution in [2.75, 3.05) is 0 Å². The molecule has 9 heteroatoms. The van der Waals surface area contributed by atoms with Crippen LogP contribution in [0.5, 0.6) is 0 Å². The molecule has 0 radical (unpaired) electrons. The molecular weight excluding hydrogens is 414 g/mol. The van der Waals surface area contributed by atoms with Gasteiger partial charge in [0.2, 0.25) is 0 Å². The molecule has 1 aliphatic carbocycles. The molecule has 1 N–H and O–H groups in total. The zero-order valence-corrected chi connectivity index (χ0v) is 17.5. The van der Waals surface area contributed by atoms with Crippen LogP contribution < -0.4 is 0 Å². The highest BCUT2D eigenvalue weighted by Crippen LogP contribution is 2.60. The van der Waals surface area contributed by atoms with Gasteiger partial charge < -0.3 is 9.84 Å². The number of alkyl halides is 6. The van der Waals surface area contributed by atoms with Gasteiger partial charge in [0.05, 0.1) is 5.41 Å². The first kappa shape index (κ1) is 24.8. The van der Waals surface area contributed by atoms with Crippen LogP contribution in [0.3, 0.4) is 0 Å². The van der Waals surface area contributed by atoms with E-state index in [0.717, 1.165) is 0 Å². The first-order valence-corrected chi connectivity index (χ1v) is 9.92. The van der Waals surface area contributed by atoms with Crippen LogP contribution in [0.15, 0.2) is 23.8 Å². The predicted octanol–water partition coefficient (Wildman–Crippen LogP) is 6.03. The molecule has 1 saturated heterocycles. The number of rotatable bonds is 5. The van der Waals surface area contributed by atoms with E-state index in [4.69, 9.17) is 4.74 Å². The van der Waals surface area contributed by atoms with Crippen LogP contribution in [-0.2, 0) is 9.53 Å². The molecule has 1 heterocycles. The molecule has 172 valence electrons. The smallest absolute Gasteiger partial charge is 0.426 e. The van der Waals surface area contributed by atoms with Crippen molar-refractivity contribution in [1.82, 2.24) is 0 Å². The number of allylic oxidation sites excluding steroid dienone is 2. The zero-order valence-electron chi connectivity index (χ0n) is 17.5. The molecule has 0 saturated carbocycles. The van der Waals surface area contributed by atoms with Crippen molar-refractivity contribution in [2.24, 2.45) is 10.8 Å². The number of hydrogen-bond donors (Lipinski definition) is 1. The van der Waals surface area contributed by atoms with E-state index in [0.29, 0.717) is 19.3 Å². The molecule has 0 aromatic heterocycles. The number of cyclic esters (lactones) is 1. The Bertz CT molecular complexity index is 714. The van der Waals surface area contributed by atoms with E-state index >= 15 is 0 Å². The van der Waals surface area contributed by atoms with Crippen LogP contribution in [-0.4, -0.2) is 34.6 Å². The average Bonchev–Trinajstić information content (AvgIpc) is 2.87. The Balaban J connectivity index is 2.70.